The molecule has 0 unspecified atom stereocenters. The van der Waals surface area contributed by atoms with Gasteiger partial charge in [-0.25, -0.2) is 4.98 Å². The SMILES string of the molecule is c1ccc2c(CCNc3ccnc(Nc4ccc(N5CCCC5)cc4)n3)c[nH]c2c1. The number of hydrogen-bond donors (Lipinski definition) is 3. The summed E-state index contributed by atoms with van der Waals surface area (Å²) in [6.07, 6.45) is 7.36. The molecule has 0 atom stereocenters. The maximum Gasteiger partial charge on any atom is 0.229 e. The van der Waals surface area contributed by atoms with Gasteiger partial charge in [0.25, 0.3) is 0 Å². The van der Waals surface area contributed by atoms with Gasteiger partial charge in [0, 0.05) is 54.3 Å². The van der Waals surface area contributed by atoms with Gasteiger partial charge >= 0.3 is 0 Å². The third kappa shape index (κ3) is 4.08. The molecule has 2 aromatic carbocycles. The first-order valence-electron chi connectivity index (χ1n) is 10.6. The van der Waals surface area contributed by atoms with Crippen molar-refractivity contribution in [2.24, 2.45) is 0 Å². The lowest BCUT2D eigenvalue weighted by Crippen LogP contribution is -2.17. The number of H-pyrrole nitrogens is 1. The molecular weight excluding hydrogens is 372 g/mol. The molecule has 1 fully saturated rings. The van der Waals surface area contributed by atoms with Crippen LogP contribution in [0.2, 0.25) is 0 Å². The smallest absolute Gasteiger partial charge is 0.229 e. The van der Waals surface area contributed by atoms with E-state index in [4.69, 9.17) is 0 Å². The predicted octanol–water partition coefficient (Wildman–Crippen LogP) is 4.96. The van der Waals surface area contributed by atoms with Crippen LogP contribution in [0.25, 0.3) is 10.9 Å². The second-order valence-electron chi connectivity index (χ2n) is 7.67. The highest BCUT2D eigenvalue weighted by Crippen LogP contribution is 2.23. The van der Waals surface area contributed by atoms with Crippen molar-refractivity contribution in [3.05, 3.63) is 72.6 Å². The van der Waals surface area contributed by atoms with Crippen LogP contribution >= 0.6 is 0 Å². The van der Waals surface area contributed by atoms with Gasteiger partial charge in [0.15, 0.2) is 0 Å². The largest absolute Gasteiger partial charge is 0.372 e. The van der Waals surface area contributed by atoms with Gasteiger partial charge in [-0.3, -0.25) is 0 Å². The molecule has 1 aliphatic rings. The molecule has 4 aromatic rings. The minimum Gasteiger partial charge on any atom is -0.372 e. The molecule has 0 saturated carbocycles. The summed E-state index contributed by atoms with van der Waals surface area (Å²) in [4.78, 5) is 14.7. The molecule has 6 heteroatoms. The zero-order chi connectivity index (χ0) is 20.2. The first-order valence-corrected chi connectivity index (χ1v) is 10.6. The molecule has 0 radical (unpaired) electrons. The molecule has 30 heavy (non-hydrogen) atoms. The number of nitrogens with one attached hydrogen (secondary N) is 3. The minimum absolute atomic E-state index is 0.598. The van der Waals surface area contributed by atoms with E-state index in [2.05, 4.69) is 85.2 Å². The molecule has 0 spiro atoms. The summed E-state index contributed by atoms with van der Waals surface area (Å²) in [7, 11) is 0. The van der Waals surface area contributed by atoms with E-state index in [9.17, 15) is 0 Å². The zero-order valence-corrected chi connectivity index (χ0v) is 16.9. The Balaban J connectivity index is 1.19. The minimum atomic E-state index is 0.598. The van der Waals surface area contributed by atoms with E-state index in [0.717, 1.165) is 37.6 Å². The monoisotopic (exact) mass is 398 g/mol. The van der Waals surface area contributed by atoms with Gasteiger partial charge in [0.2, 0.25) is 5.95 Å². The third-order valence-electron chi connectivity index (χ3n) is 5.63. The van der Waals surface area contributed by atoms with Gasteiger partial charge in [0.05, 0.1) is 0 Å². The fraction of sp³-hybridized carbons (Fsp3) is 0.250. The Kier molecular flexibility index (Phi) is 5.21. The molecule has 5 rings (SSSR count). The average molecular weight is 399 g/mol. The highest BCUT2D eigenvalue weighted by atomic mass is 15.2. The molecule has 3 heterocycles. The number of nitrogens with zero attached hydrogens (tertiary/aromatic N) is 3. The zero-order valence-electron chi connectivity index (χ0n) is 16.9. The van der Waals surface area contributed by atoms with Crippen molar-refractivity contribution in [3.63, 3.8) is 0 Å². The highest BCUT2D eigenvalue weighted by Gasteiger charge is 2.12. The number of aromatic amines is 1. The molecule has 152 valence electrons. The first kappa shape index (κ1) is 18.5. The Bertz CT molecular complexity index is 1110. The van der Waals surface area contributed by atoms with E-state index >= 15 is 0 Å². The number of hydrogen-bond acceptors (Lipinski definition) is 5. The van der Waals surface area contributed by atoms with Crippen LogP contribution in [0.3, 0.4) is 0 Å². The second-order valence-corrected chi connectivity index (χ2v) is 7.67. The predicted molar refractivity (Wildman–Crippen MR) is 124 cm³/mol. The third-order valence-corrected chi connectivity index (χ3v) is 5.63. The summed E-state index contributed by atoms with van der Waals surface area (Å²) in [5.41, 5.74) is 4.76. The Morgan fingerprint density at radius 3 is 2.67 bits per heavy atom. The van der Waals surface area contributed by atoms with E-state index in [0.29, 0.717) is 5.95 Å². The maximum atomic E-state index is 4.60. The molecule has 0 amide bonds. The van der Waals surface area contributed by atoms with Crippen molar-refractivity contribution in [2.45, 2.75) is 19.3 Å². The van der Waals surface area contributed by atoms with Crippen LogP contribution in [0.1, 0.15) is 18.4 Å². The molecule has 0 bridgehead atoms. The molecule has 2 aromatic heterocycles. The number of rotatable bonds is 7. The van der Waals surface area contributed by atoms with Gasteiger partial charge in [-0.05, 0) is 61.2 Å². The van der Waals surface area contributed by atoms with Crippen molar-refractivity contribution in [1.29, 1.82) is 0 Å². The number of fused-ring (bicyclic) bond motifs is 1. The summed E-state index contributed by atoms with van der Waals surface area (Å²) in [6, 6.07) is 18.8. The van der Waals surface area contributed by atoms with Crippen LogP contribution in [-0.2, 0) is 6.42 Å². The topological polar surface area (TPSA) is 68.9 Å². The fourth-order valence-corrected chi connectivity index (χ4v) is 4.04. The van der Waals surface area contributed by atoms with Crippen LogP contribution < -0.4 is 15.5 Å². The number of benzene rings is 2. The fourth-order valence-electron chi connectivity index (χ4n) is 4.04. The molecule has 0 aliphatic carbocycles. The Hall–Kier alpha value is -3.54. The maximum absolute atomic E-state index is 4.60. The Morgan fingerprint density at radius 2 is 1.80 bits per heavy atom. The molecule has 6 nitrogen and oxygen atoms in total. The number of para-hydroxylation sites is 1. The van der Waals surface area contributed by atoms with Crippen LogP contribution in [0.5, 0.6) is 0 Å². The first-order chi connectivity index (χ1) is 14.8. The van der Waals surface area contributed by atoms with Crippen LogP contribution in [0, 0.1) is 0 Å². The molecule has 1 aliphatic heterocycles. The van der Waals surface area contributed by atoms with Crippen molar-refractivity contribution in [3.8, 4) is 0 Å². The normalized spacial score (nSPS) is 13.7. The van der Waals surface area contributed by atoms with Gasteiger partial charge in [-0.15, -0.1) is 0 Å². The highest BCUT2D eigenvalue weighted by molar-refractivity contribution is 5.83. The summed E-state index contributed by atoms with van der Waals surface area (Å²) in [5.74, 6) is 1.42. The van der Waals surface area contributed by atoms with Crippen molar-refractivity contribution >= 4 is 34.0 Å². The Labute approximate surface area is 176 Å². The van der Waals surface area contributed by atoms with Crippen LogP contribution in [0.4, 0.5) is 23.1 Å². The number of aromatic nitrogens is 3. The lowest BCUT2D eigenvalue weighted by atomic mass is 10.1. The second kappa shape index (κ2) is 8.45. The summed E-state index contributed by atoms with van der Waals surface area (Å²) < 4.78 is 0. The van der Waals surface area contributed by atoms with Gasteiger partial charge in [0.1, 0.15) is 5.82 Å². The van der Waals surface area contributed by atoms with Crippen LogP contribution in [0.15, 0.2) is 67.0 Å². The van der Waals surface area contributed by atoms with Crippen LogP contribution in [-0.4, -0.2) is 34.6 Å². The summed E-state index contributed by atoms with van der Waals surface area (Å²) >= 11 is 0. The van der Waals surface area contributed by atoms with E-state index in [1.165, 1.54) is 35.0 Å². The molecular formula is C24H26N6. The lowest BCUT2D eigenvalue weighted by molar-refractivity contribution is 0.949. The quantitative estimate of drug-likeness (QED) is 0.411. The van der Waals surface area contributed by atoms with E-state index in [1.54, 1.807) is 6.20 Å². The van der Waals surface area contributed by atoms with Crippen molar-refractivity contribution in [1.82, 2.24) is 15.0 Å². The van der Waals surface area contributed by atoms with E-state index in [-0.39, 0.29) is 0 Å². The Morgan fingerprint density at radius 1 is 0.967 bits per heavy atom. The lowest BCUT2D eigenvalue weighted by Gasteiger charge is -2.17. The molecule has 1 saturated heterocycles. The summed E-state index contributed by atoms with van der Waals surface area (Å²) in [6.45, 7) is 3.12. The van der Waals surface area contributed by atoms with Crippen molar-refractivity contribution in [2.75, 3.05) is 35.2 Å². The van der Waals surface area contributed by atoms with Gasteiger partial charge in [-0.2, -0.15) is 4.98 Å². The average Bonchev–Trinajstić information content (AvgIpc) is 3.45. The van der Waals surface area contributed by atoms with E-state index < -0.39 is 0 Å². The van der Waals surface area contributed by atoms with Gasteiger partial charge < -0.3 is 20.5 Å². The number of anilines is 4. The van der Waals surface area contributed by atoms with Gasteiger partial charge in [-0.1, -0.05) is 18.2 Å². The standard InChI is InChI=1S/C24H26N6/c1-2-6-22-21(5-1)18(17-27-22)11-13-25-23-12-14-26-24(29-23)28-19-7-9-20(10-8-19)30-15-3-4-16-30/h1-2,5-10,12,14,17,27H,3-4,11,13,15-16H2,(H2,25,26,28,29). The van der Waals surface area contributed by atoms with Crippen molar-refractivity contribution < 1.29 is 0 Å². The molecule has 3 N–H and O–H groups in total. The summed E-state index contributed by atoms with van der Waals surface area (Å²) in [5, 5.41) is 7.99. The van der Waals surface area contributed by atoms with E-state index in [1.807, 2.05) is 6.07 Å².